The van der Waals surface area contributed by atoms with Gasteiger partial charge in [-0.15, -0.1) is 11.3 Å². The zero-order chi connectivity index (χ0) is 9.26. The molecule has 1 aromatic rings. The second-order valence-electron chi connectivity index (χ2n) is 3.61. The van der Waals surface area contributed by atoms with E-state index in [-0.39, 0.29) is 0 Å². The first-order valence-electron chi connectivity index (χ1n) is 4.76. The Kier molecular flexibility index (Phi) is 3.06. The van der Waals surface area contributed by atoms with E-state index in [1.54, 1.807) is 0 Å². The summed E-state index contributed by atoms with van der Waals surface area (Å²) in [6, 6.07) is 2.92. The number of halogens is 1. The van der Waals surface area contributed by atoms with Gasteiger partial charge in [-0.25, -0.2) is 0 Å². The third kappa shape index (κ3) is 2.14. The van der Waals surface area contributed by atoms with Crippen LogP contribution in [0, 0.1) is 6.92 Å². The van der Waals surface area contributed by atoms with Gasteiger partial charge in [0.15, 0.2) is 0 Å². The van der Waals surface area contributed by atoms with Crippen LogP contribution in [-0.4, -0.2) is 6.54 Å². The first-order chi connectivity index (χ1) is 6.27. The second kappa shape index (κ2) is 4.11. The quantitative estimate of drug-likeness (QED) is 0.813. The summed E-state index contributed by atoms with van der Waals surface area (Å²) in [6.07, 6.45) is 4.00. The SMILES string of the molecule is Cc1cc([C@@H]2CCCCN2)sc1Br. The Hall–Kier alpha value is 0.140. The fraction of sp³-hybridized carbons (Fsp3) is 0.600. The molecule has 72 valence electrons. The van der Waals surface area contributed by atoms with Crippen LogP contribution in [0.1, 0.15) is 35.7 Å². The Labute approximate surface area is 91.7 Å². The van der Waals surface area contributed by atoms with Crippen LogP contribution in [0.25, 0.3) is 0 Å². The van der Waals surface area contributed by atoms with Crippen molar-refractivity contribution < 1.29 is 0 Å². The van der Waals surface area contributed by atoms with Gasteiger partial charge in [0.1, 0.15) is 0 Å². The molecule has 0 radical (unpaired) electrons. The summed E-state index contributed by atoms with van der Waals surface area (Å²) < 4.78 is 1.29. The fourth-order valence-corrected chi connectivity index (χ4v) is 3.43. The van der Waals surface area contributed by atoms with Crippen LogP contribution in [0.5, 0.6) is 0 Å². The molecular formula is C10H14BrNS. The van der Waals surface area contributed by atoms with E-state index in [4.69, 9.17) is 0 Å². The first kappa shape index (κ1) is 9.69. The van der Waals surface area contributed by atoms with Crippen molar-refractivity contribution in [2.24, 2.45) is 0 Å². The maximum absolute atomic E-state index is 3.57. The van der Waals surface area contributed by atoms with E-state index in [0.29, 0.717) is 6.04 Å². The highest BCUT2D eigenvalue weighted by Gasteiger charge is 2.17. The molecule has 0 unspecified atom stereocenters. The van der Waals surface area contributed by atoms with Gasteiger partial charge in [-0.2, -0.15) is 0 Å². The molecule has 1 saturated heterocycles. The first-order valence-corrected chi connectivity index (χ1v) is 6.37. The van der Waals surface area contributed by atoms with Crippen molar-refractivity contribution >= 4 is 27.3 Å². The zero-order valence-electron chi connectivity index (χ0n) is 7.77. The Morgan fingerprint density at radius 1 is 1.54 bits per heavy atom. The molecule has 3 heteroatoms. The van der Waals surface area contributed by atoms with Gasteiger partial charge in [0.2, 0.25) is 0 Å². The number of hydrogen-bond acceptors (Lipinski definition) is 2. The molecule has 0 aromatic carbocycles. The summed E-state index contributed by atoms with van der Waals surface area (Å²) in [5, 5.41) is 3.57. The minimum Gasteiger partial charge on any atom is -0.309 e. The monoisotopic (exact) mass is 259 g/mol. The number of piperidine rings is 1. The summed E-state index contributed by atoms with van der Waals surface area (Å²) in [6.45, 7) is 3.34. The highest BCUT2D eigenvalue weighted by molar-refractivity contribution is 9.11. The fourth-order valence-electron chi connectivity index (χ4n) is 1.75. The van der Waals surface area contributed by atoms with Crippen molar-refractivity contribution in [3.63, 3.8) is 0 Å². The van der Waals surface area contributed by atoms with Crippen LogP contribution in [0.15, 0.2) is 9.85 Å². The van der Waals surface area contributed by atoms with E-state index in [0.717, 1.165) is 0 Å². The van der Waals surface area contributed by atoms with Gasteiger partial charge in [-0.05, 0) is 53.9 Å². The van der Waals surface area contributed by atoms with E-state index in [9.17, 15) is 0 Å². The van der Waals surface area contributed by atoms with Crippen molar-refractivity contribution in [1.29, 1.82) is 0 Å². The third-order valence-corrected chi connectivity index (χ3v) is 4.78. The van der Waals surface area contributed by atoms with E-state index in [1.807, 2.05) is 11.3 Å². The molecule has 1 aromatic heterocycles. The highest BCUT2D eigenvalue weighted by Crippen LogP contribution is 2.34. The van der Waals surface area contributed by atoms with Crippen LogP contribution in [0.2, 0.25) is 0 Å². The minimum absolute atomic E-state index is 0.615. The molecule has 0 saturated carbocycles. The zero-order valence-corrected chi connectivity index (χ0v) is 10.2. The van der Waals surface area contributed by atoms with Gasteiger partial charge in [-0.3, -0.25) is 0 Å². The Morgan fingerprint density at radius 2 is 2.38 bits per heavy atom. The lowest BCUT2D eigenvalue weighted by Gasteiger charge is -2.22. The molecule has 0 spiro atoms. The summed E-state index contributed by atoms with van der Waals surface area (Å²) in [7, 11) is 0. The van der Waals surface area contributed by atoms with E-state index in [1.165, 1.54) is 40.0 Å². The highest BCUT2D eigenvalue weighted by atomic mass is 79.9. The van der Waals surface area contributed by atoms with E-state index < -0.39 is 0 Å². The van der Waals surface area contributed by atoms with Crippen LogP contribution in [0.4, 0.5) is 0 Å². The molecule has 13 heavy (non-hydrogen) atoms. The van der Waals surface area contributed by atoms with Crippen LogP contribution >= 0.6 is 27.3 Å². The van der Waals surface area contributed by atoms with Crippen molar-refractivity contribution in [1.82, 2.24) is 5.32 Å². The van der Waals surface area contributed by atoms with Crippen LogP contribution in [0.3, 0.4) is 0 Å². The minimum atomic E-state index is 0.615. The predicted octanol–water partition coefficient (Wildman–Crippen LogP) is 3.63. The topological polar surface area (TPSA) is 12.0 Å². The van der Waals surface area contributed by atoms with Gasteiger partial charge in [0.05, 0.1) is 3.79 Å². The summed E-state index contributed by atoms with van der Waals surface area (Å²) >= 11 is 5.45. The van der Waals surface area contributed by atoms with Crippen molar-refractivity contribution in [2.45, 2.75) is 32.2 Å². The molecule has 0 aliphatic carbocycles. The molecule has 1 fully saturated rings. The molecule has 1 nitrogen and oxygen atoms in total. The van der Waals surface area contributed by atoms with Crippen molar-refractivity contribution in [3.8, 4) is 0 Å². The molecule has 0 amide bonds. The second-order valence-corrected chi connectivity index (χ2v) is 6.01. The Morgan fingerprint density at radius 3 is 2.92 bits per heavy atom. The van der Waals surface area contributed by atoms with Crippen LogP contribution in [-0.2, 0) is 0 Å². The largest absolute Gasteiger partial charge is 0.309 e. The van der Waals surface area contributed by atoms with Crippen molar-refractivity contribution in [2.75, 3.05) is 6.54 Å². The van der Waals surface area contributed by atoms with Gasteiger partial charge >= 0.3 is 0 Å². The molecular weight excluding hydrogens is 246 g/mol. The average molecular weight is 260 g/mol. The number of aryl methyl sites for hydroxylation is 1. The average Bonchev–Trinajstić information content (AvgIpc) is 2.49. The summed E-state index contributed by atoms with van der Waals surface area (Å²) in [4.78, 5) is 1.49. The molecule has 1 aliphatic heterocycles. The third-order valence-electron chi connectivity index (χ3n) is 2.53. The predicted molar refractivity (Wildman–Crippen MR) is 61.4 cm³/mol. The summed E-state index contributed by atoms with van der Waals surface area (Å²) in [5.41, 5.74) is 1.37. The van der Waals surface area contributed by atoms with Gasteiger partial charge in [0, 0.05) is 10.9 Å². The molecule has 1 N–H and O–H groups in total. The maximum Gasteiger partial charge on any atom is 0.0731 e. The number of nitrogens with one attached hydrogen (secondary N) is 1. The lowest BCUT2D eigenvalue weighted by Crippen LogP contribution is -2.25. The lowest BCUT2D eigenvalue weighted by molar-refractivity contribution is 0.417. The van der Waals surface area contributed by atoms with Crippen molar-refractivity contribution in [3.05, 3.63) is 20.3 Å². The van der Waals surface area contributed by atoms with Gasteiger partial charge in [0.25, 0.3) is 0 Å². The molecule has 2 rings (SSSR count). The number of rotatable bonds is 1. The molecule has 1 atom stereocenters. The smallest absolute Gasteiger partial charge is 0.0731 e. The standard InChI is InChI=1S/C10H14BrNS/c1-7-6-9(13-10(7)11)8-4-2-3-5-12-8/h6,8,12H,2-5H2,1H3/t8-/m0/s1. The van der Waals surface area contributed by atoms with Gasteiger partial charge in [-0.1, -0.05) is 6.42 Å². The molecule has 0 bridgehead atoms. The Bertz CT molecular complexity index is 270. The summed E-state index contributed by atoms with van der Waals surface area (Å²) in [5.74, 6) is 0. The van der Waals surface area contributed by atoms with Crippen LogP contribution < -0.4 is 5.32 Å². The number of thiophene rings is 1. The Balaban J connectivity index is 2.14. The lowest BCUT2D eigenvalue weighted by atomic mass is 10.0. The normalized spacial score (nSPS) is 23.4. The van der Waals surface area contributed by atoms with Gasteiger partial charge < -0.3 is 5.32 Å². The number of hydrogen-bond donors (Lipinski definition) is 1. The molecule has 2 heterocycles. The molecule has 1 aliphatic rings. The van der Waals surface area contributed by atoms with E-state index >= 15 is 0 Å². The van der Waals surface area contributed by atoms with E-state index in [2.05, 4.69) is 34.2 Å². The maximum atomic E-state index is 3.57.